The van der Waals surface area contributed by atoms with E-state index >= 15 is 0 Å². The molecule has 0 radical (unpaired) electrons. The van der Waals surface area contributed by atoms with E-state index < -0.39 is 11.7 Å². The molecule has 0 aliphatic heterocycles. The number of carbonyl (C=O) groups excluding carboxylic acids is 2. The highest BCUT2D eigenvalue weighted by Crippen LogP contribution is 2.38. The number of amides is 2. The third kappa shape index (κ3) is 10.7. The van der Waals surface area contributed by atoms with Gasteiger partial charge in [0.25, 0.3) is 5.56 Å². The maximum absolute atomic E-state index is 13.3. The smallest absolute Gasteiger partial charge is 0.420 e. The molecule has 246 valence electrons. The molecule has 2 N–H and O–H groups in total. The maximum atomic E-state index is 13.3. The summed E-state index contributed by atoms with van der Waals surface area (Å²) in [6, 6.07) is 7.62. The minimum Gasteiger partial charge on any atom is -0.449 e. The van der Waals surface area contributed by atoms with E-state index in [1.165, 1.54) is 63.5 Å². The van der Waals surface area contributed by atoms with Crippen molar-refractivity contribution >= 4 is 91.5 Å². The van der Waals surface area contributed by atoms with E-state index in [4.69, 9.17) is 51.1 Å². The molecule has 0 aliphatic rings. The van der Waals surface area contributed by atoms with Gasteiger partial charge >= 0.3 is 6.09 Å². The lowest BCUT2D eigenvalue weighted by Gasteiger charge is -2.22. The molecule has 3 rings (SSSR count). The number of halogens is 5. The van der Waals surface area contributed by atoms with Gasteiger partial charge in [0.2, 0.25) is 5.91 Å². The number of ether oxygens (including phenoxy) is 1. The minimum absolute atomic E-state index is 0.00636. The number of H-pyrrole nitrogens is 1. The standard InChI is InChI=1S/C32H39BrCl4N4O4/c1-3-5-6-7-8-9-10-11-12-13-14-15-27(42)38-22-16-17-23(35)26(20-22)40(32(44)45-4-2)30-28(33)31(43)41(39-30)29-24(36)18-21(34)19-25(29)37/h16-20,39H,3-15H2,1-2H3,(H,38,42). The number of aromatic nitrogens is 2. The van der Waals surface area contributed by atoms with Crippen LogP contribution in [-0.2, 0) is 9.53 Å². The molecule has 0 saturated carbocycles. The molecule has 0 fully saturated rings. The molecule has 0 spiro atoms. The van der Waals surface area contributed by atoms with Crippen molar-refractivity contribution in [1.82, 2.24) is 9.78 Å². The summed E-state index contributed by atoms with van der Waals surface area (Å²) in [6.07, 6.45) is 12.7. The first-order valence-electron chi connectivity index (χ1n) is 15.3. The Bertz CT molecular complexity index is 1490. The van der Waals surface area contributed by atoms with Crippen molar-refractivity contribution in [3.05, 3.63) is 65.2 Å². The van der Waals surface area contributed by atoms with Crippen LogP contribution in [0.5, 0.6) is 0 Å². The van der Waals surface area contributed by atoms with Crippen LogP contribution in [0.3, 0.4) is 0 Å². The Morgan fingerprint density at radius 3 is 2.02 bits per heavy atom. The van der Waals surface area contributed by atoms with Crippen LogP contribution in [0.2, 0.25) is 20.1 Å². The van der Waals surface area contributed by atoms with Gasteiger partial charge in [-0.25, -0.2) is 14.4 Å². The van der Waals surface area contributed by atoms with Gasteiger partial charge in [-0.3, -0.25) is 14.7 Å². The van der Waals surface area contributed by atoms with Gasteiger partial charge in [-0.2, -0.15) is 0 Å². The molecular weight excluding hydrogens is 726 g/mol. The SMILES string of the molecule is CCCCCCCCCCCCCC(=O)Nc1ccc(Cl)c(N(C(=O)OCC)c2[nH]n(-c3c(Cl)cc(Cl)cc3Cl)c(=O)c2Br)c1. The van der Waals surface area contributed by atoms with E-state index in [0.717, 1.165) is 28.8 Å². The van der Waals surface area contributed by atoms with Crippen molar-refractivity contribution < 1.29 is 14.3 Å². The lowest BCUT2D eigenvalue weighted by Crippen LogP contribution is -2.28. The molecule has 0 aliphatic carbocycles. The first-order chi connectivity index (χ1) is 21.6. The summed E-state index contributed by atoms with van der Waals surface area (Å²) in [6.45, 7) is 3.94. The van der Waals surface area contributed by atoms with Crippen molar-refractivity contribution in [1.29, 1.82) is 0 Å². The molecule has 1 aromatic heterocycles. The topological polar surface area (TPSA) is 96.4 Å². The monoisotopic (exact) mass is 762 g/mol. The Morgan fingerprint density at radius 2 is 1.44 bits per heavy atom. The summed E-state index contributed by atoms with van der Waals surface area (Å²) in [7, 11) is 0. The summed E-state index contributed by atoms with van der Waals surface area (Å²) >= 11 is 28.6. The second kappa shape index (κ2) is 18.8. The number of nitrogens with one attached hydrogen (secondary N) is 2. The van der Waals surface area contributed by atoms with Crippen molar-refractivity contribution in [2.45, 2.75) is 90.9 Å². The van der Waals surface area contributed by atoms with Crippen LogP contribution in [0, 0.1) is 0 Å². The lowest BCUT2D eigenvalue weighted by molar-refractivity contribution is -0.116. The number of carbonyl (C=O) groups is 2. The van der Waals surface area contributed by atoms with Crippen molar-refractivity contribution in [2.24, 2.45) is 0 Å². The number of anilines is 3. The Kier molecular flexibility index (Phi) is 15.6. The van der Waals surface area contributed by atoms with Crippen molar-refractivity contribution in [3.63, 3.8) is 0 Å². The summed E-state index contributed by atoms with van der Waals surface area (Å²) in [5.74, 6) is -0.137. The van der Waals surface area contributed by atoms with Crippen LogP contribution in [0.1, 0.15) is 90.9 Å². The van der Waals surface area contributed by atoms with Gasteiger partial charge in [0.1, 0.15) is 10.2 Å². The summed E-state index contributed by atoms with van der Waals surface area (Å²) in [5, 5.41) is 6.45. The van der Waals surface area contributed by atoms with E-state index in [-0.39, 0.29) is 54.3 Å². The van der Waals surface area contributed by atoms with Crippen LogP contribution in [0.4, 0.5) is 22.0 Å². The highest BCUT2D eigenvalue weighted by atomic mass is 79.9. The Morgan fingerprint density at radius 1 is 0.867 bits per heavy atom. The van der Waals surface area contributed by atoms with Crippen LogP contribution in [-0.4, -0.2) is 28.4 Å². The third-order valence-corrected chi connectivity index (χ3v) is 9.00. The molecule has 1 heterocycles. The van der Waals surface area contributed by atoms with E-state index in [2.05, 4.69) is 33.3 Å². The zero-order valence-corrected chi connectivity index (χ0v) is 30.1. The van der Waals surface area contributed by atoms with Gasteiger partial charge in [0.05, 0.1) is 27.4 Å². The predicted octanol–water partition coefficient (Wildman–Crippen LogP) is 11.5. The molecule has 3 aromatic rings. The molecule has 0 bridgehead atoms. The van der Waals surface area contributed by atoms with Gasteiger partial charge in [-0.15, -0.1) is 0 Å². The highest BCUT2D eigenvalue weighted by Gasteiger charge is 2.29. The largest absolute Gasteiger partial charge is 0.449 e. The maximum Gasteiger partial charge on any atom is 0.420 e. The average molecular weight is 765 g/mol. The zero-order valence-electron chi connectivity index (χ0n) is 25.5. The third-order valence-electron chi connectivity index (χ3n) is 7.17. The number of benzene rings is 2. The highest BCUT2D eigenvalue weighted by molar-refractivity contribution is 9.10. The number of hydrogen-bond acceptors (Lipinski definition) is 4. The average Bonchev–Trinajstić information content (AvgIpc) is 3.26. The van der Waals surface area contributed by atoms with Crippen LogP contribution >= 0.6 is 62.3 Å². The van der Waals surface area contributed by atoms with Crippen molar-refractivity contribution in [3.8, 4) is 5.69 Å². The van der Waals surface area contributed by atoms with Crippen LogP contribution < -0.4 is 15.8 Å². The molecule has 0 saturated heterocycles. The molecule has 45 heavy (non-hydrogen) atoms. The number of aromatic amines is 1. The fourth-order valence-electron chi connectivity index (χ4n) is 4.89. The quantitative estimate of drug-likeness (QED) is 0.134. The van der Waals surface area contributed by atoms with Gasteiger partial charge in [-0.05, 0) is 59.6 Å². The number of unbranched alkanes of at least 4 members (excludes halogenated alkanes) is 10. The minimum atomic E-state index is -0.814. The van der Waals surface area contributed by atoms with Gasteiger partial charge in [0, 0.05) is 17.1 Å². The Hall–Kier alpha value is -2.17. The second-order valence-corrected chi connectivity index (χ2v) is 13.1. The van der Waals surface area contributed by atoms with Crippen molar-refractivity contribution in [2.75, 3.05) is 16.8 Å². The molecule has 0 atom stereocenters. The molecule has 13 heteroatoms. The van der Waals surface area contributed by atoms with E-state index in [1.807, 2.05) is 0 Å². The van der Waals surface area contributed by atoms with Gasteiger partial charge in [0.15, 0.2) is 5.82 Å². The summed E-state index contributed by atoms with van der Waals surface area (Å²) < 4.78 is 6.37. The molecular formula is C32H39BrCl4N4O4. The Balaban J connectivity index is 1.73. The second-order valence-electron chi connectivity index (χ2n) is 10.7. The fraction of sp³-hybridized carbons (Fsp3) is 0.469. The predicted molar refractivity (Wildman–Crippen MR) is 189 cm³/mol. The molecule has 0 unspecified atom stereocenters. The zero-order chi connectivity index (χ0) is 32.9. The number of rotatable bonds is 17. The van der Waals surface area contributed by atoms with E-state index in [1.54, 1.807) is 25.1 Å². The lowest BCUT2D eigenvalue weighted by atomic mass is 10.1. The first kappa shape index (κ1) is 37.3. The molecule has 8 nitrogen and oxygen atoms in total. The molecule has 2 aromatic carbocycles. The first-order valence-corrected chi connectivity index (χ1v) is 17.6. The number of hydrogen-bond donors (Lipinski definition) is 2. The van der Waals surface area contributed by atoms with Crippen LogP contribution in [0.15, 0.2) is 39.6 Å². The summed E-state index contributed by atoms with van der Waals surface area (Å²) in [4.78, 5) is 40.4. The normalized spacial score (nSPS) is 11.1. The van der Waals surface area contributed by atoms with Gasteiger partial charge in [-0.1, -0.05) is 118 Å². The fourth-order valence-corrected chi connectivity index (χ4v) is 6.52. The summed E-state index contributed by atoms with van der Waals surface area (Å²) in [5.41, 5.74) is 0.152. The van der Waals surface area contributed by atoms with E-state index in [0.29, 0.717) is 12.1 Å². The van der Waals surface area contributed by atoms with Crippen LogP contribution in [0.25, 0.3) is 5.69 Å². The van der Waals surface area contributed by atoms with E-state index in [9.17, 15) is 14.4 Å². The van der Waals surface area contributed by atoms with Gasteiger partial charge < -0.3 is 10.1 Å². The molecule has 2 amide bonds. The number of nitrogens with zero attached hydrogens (tertiary/aromatic N) is 2. The Labute approximate surface area is 292 Å².